The SMILES string of the molecule is COC(=O)[C@H](Cc1c(Cl)cc(OC(=O)c2ccccc2)cc1Cl)N(Cc1ccc(OC)cc1)C(=O)CCl. The van der Waals surface area contributed by atoms with Crippen LogP contribution in [0.1, 0.15) is 21.5 Å². The number of carbonyl (C=O) groups excluding carboxylic acids is 3. The zero-order chi connectivity index (χ0) is 26.9. The van der Waals surface area contributed by atoms with Crippen LogP contribution in [0.2, 0.25) is 10.0 Å². The summed E-state index contributed by atoms with van der Waals surface area (Å²) in [4.78, 5) is 39.4. The van der Waals surface area contributed by atoms with Gasteiger partial charge in [-0.2, -0.15) is 0 Å². The highest BCUT2D eigenvalue weighted by Crippen LogP contribution is 2.33. The molecule has 37 heavy (non-hydrogen) atoms. The van der Waals surface area contributed by atoms with Crippen molar-refractivity contribution in [1.29, 1.82) is 0 Å². The summed E-state index contributed by atoms with van der Waals surface area (Å²) < 4.78 is 15.6. The first-order chi connectivity index (χ1) is 17.8. The van der Waals surface area contributed by atoms with Crippen molar-refractivity contribution in [2.24, 2.45) is 0 Å². The number of hydrogen-bond acceptors (Lipinski definition) is 6. The smallest absolute Gasteiger partial charge is 0.343 e. The van der Waals surface area contributed by atoms with Crippen LogP contribution < -0.4 is 9.47 Å². The number of alkyl halides is 1. The normalized spacial score (nSPS) is 11.4. The van der Waals surface area contributed by atoms with Crippen LogP contribution in [-0.4, -0.2) is 48.9 Å². The van der Waals surface area contributed by atoms with Crippen LogP contribution in [0.4, 0.5) is 0 Å². The molecule has 10 heteroatoms. The lowest BCUT2D eigenvalue weighted by Crippen LogP contribution is -2.47. The Balaban J connectivity index is 1.88. The van der Waals surface area contributed by atoms with E-state index in [1.54, 1.807) is 61.7 Å². The predicted octanol–water partition coefficient (Wildman–Crippen LogP) is 5.57. The van der Waals surface area contributed by atoms with E-state index in [-0.39, 0.29) is 34.6 Å². The monoisotopic (exact) mass is 563 g/mol. The zero-order valence-corrected chi connectivity index (χ0v) is 22.3. The lowest BCUT2D eigenvalue weighted by molar-refractivity contribution is -0.152. The molecular weight excluding hydrogens is 541 g/mol. The predicted molar refractivity (Wildman–Crippen MR) is 142 cm³/mol. The molecule has 1 atom stereocenters. The Morgan fingerprint density at radius 3 is 2.05 bits per heavy atom. The highest BCUT2D eigenvalue weighted by atomic mass is 35.5. The number of methoxy groups -OCH3 is 2. The number of benzene rings is 3. The van der Waals surface area contributed by atoms with Crippen molar-refractivity contribution in [3.8, 4) is 11.5 Å². The van der Waals surface area contributed by atoms with Gasteiger partial charge in [-0.15, -0.1) is 11.6 Å². The number of rotatable bonds is 10. The topological polar surface area (TPSA) is 82.1 Å². The molecule has 0 saturated carbocycles. The summed E-state index contributed by atoms with van der Waals surface area (Å²) in [5.74, 6) is -1.29. The van der Waals surface area contributed by atoms with E-state index in [2.05, 4.69) is 0 Å². The quantitative estimate of drug-likeness (QED) is 0.182. The van der Waals surface area contributed by atoms with Crippen molar-refractivity contribution in [1.82, 2.24) is 4.90 Å². The third-order valence-electron chi connectivity index (χ3n) is 5.53. The second-order valence-corrected chi connectivity index (χ2v) is 8.95. The van der Waals surface area contributed by atoms with E-state index >= 15 is 0 Å². The molecule has 3 aromatic rings. The Kier molecular flexibility index (Phi) is 10.2. The Morgan fingerprint density at radius 2 is 1.51 bits per heavy atom. The molecule has 0 unspecified atom stereocenters. The molecule has 0 aliphatic rings. The van der Waals surface area contributed by atoms with Crippen LogP contribution >= 0.6 is 34.8 Å². The molecule has 0 N–H and O–H groups in total. The standard InChI is InChI=1S/C27H24Cl3NO6/c1-35-19-10-8-17(9-11-19)16-31(25(32)15-28)24(27(34)36-2)14-21-22(29)12-20(13-23(21)30)37-26(33)18-6-4-3-5-7-18/h3-13,24H,14-16H2,1-2H3/t24-/m0/s1. The molecule has 0 aliphatic heterocycles. The fourth-order valence-corrected chi connectivity index (χ4v) is 4.38. The first-order valence-electron chi connectivity index (χ1n) is 11.1. The number of nitrogens with zero attached hydrogens (tertiary/aromatic N) is 1. The highest BCUT2D eigenvalue weighted by Gasteiger charge is 2.32. The summed E-state index contributed by atoms with van der Waals surface area (Å²) in [7, 11) is 2.77. The molecule has 0 bridgehead atoms. The van der Waals surface area contributed by atoms with Gasteiger partial charge in [0.15, 0.2) is 0 Å². The van der Waals surface area contributed by atoms with E-state index in [0.717, 1.165) is 5.56 Å². The lowest BCUT2D eigenvalue weighted by atomic mass is 10.0. The summed E-state index contributed by atoms with van der Waals surface area (Å²) in [5.41, 5.74) is 1.48. The van der Waals surface area contributed by atoms with Gasteiger partial charge in [0.25, 0.3) is 0 Å². The van der Waals surface area contributed by atoms with Crippen LogP contribution in [0.3, 0.4) is 0 Å². The van der Waals surface area contributed by atoms with E-state index in [9.17, 15) is 14.4 Å². The van der Waals surface area contributed by atoms with E-state index in [0.29, 0.717) is 16.9 Å². The van der Waals surface area contributed by atoms with Crippen LogP contribution in [0.15, 0.2) is 66.7 Å². The molecule has 0 saturated heterocycles. The lowest BCUT2D eigenvalue weighted by Gasteiger charge is -2.30. The second kappa shape index (κ2) is 13.3. The summed E-state index contributed by atoms with van der Waals surface area (Å²) >= 11 is 18.9. The van der Waals surface area contributed by atoms with Crippen molar-refractivity contribution < 1.29 is 28.6 Å². The maximum absolute atomic E-state index is 12.8. The van der Waals surface area contributed by atoms with Crippen molar-refractivity contribution in [2.45, 2.75) is 19.0 Å². The number of amides is 1. The van der Waals surface area contributed by atoms with Crippen LogP contribution in [0, 0.1) is 0 Å². The molecule has 0 fully saturated rings. The first-order valence-corrected chi connectivity index (χ1v) is 12.4. The fourth-order valence-electron chi connectivity index (χ4n) is 3.60. The molecule has 0 aliphatic carbocycles. The molecule has 0 spiro atoms. The molecule has 0 aromatic heterocycles. The number of hydrogen-bond donors (Lipinski definition) is 0. The third-order valence-corrected chi connectivity index (χ3v) is 6.43. The van der Waals surface area contributed by atoms with Gasteiger partial charge in [0.2, 0.25) is 5.91 Å². The van der Waals surface area contributed by atoms with E-state index in [1.165, 1.54) is 24.1 Å². The van der Waals surface area contributed by atoms with Gasteiger partial charge in [0.1, 0.15) is 23.4 Å². The van der Waals surface area contributed by atoms with Crippen LogP contribution in [0.5, 0.6) is 11.5 Å². The Labute approximate surface area is 229 Å². The maximum Gasteiger partial charge on any atom is 0.343 e. The average molecular weight is 565 g/mol. The van der Waals surface area contributed by atoms with Crippen molar-refractivity contribution in [3.05, 3.63) is 93.5 Å². The van der Waals surface area contributed by atoms with E-state index in [4.69, 9.17) is 49.0 Å². The van der Waals surface area contributed by atoms with Gasteiger partial charge < -0.3 is 19.1 Å². The molecule has 1 amide bonds. The average Bonchev–Trinajstić information content (AvgIpc) is 2.91. The minimum Gasteiger partial charge on any atom is -0.497 e. The fraction of sp³-hybridized carbons (Fsp3) is 0.222. The van der Waals surface area contributed by atoms with Gasteiger partial charge in [-0.25, -0.2) is 9.59 Å². The van der Waals surface area contributed by atoms with E-state index in [1.807, 2.05) is 0 Å². The number of esters is 2. The first kappa shape index (κ1) is 28.3. The van der Waals surface area contributed by atoms with Crippen molar-refractivity contribution in [3.63, 3.8) is 0 Å². The zero-order valence-electron chi connectivity index (χ0n) is 20.1. The maximum atomic E-state index is 12.8. The van der Waals surface area contributed by atoms with Gasteiger partial charge in [-0.05, 0) is 47.5 Å². The minimum absolute atomic E-state index is 0.0595. The second-order valence-electron chi connectivity index (χ2n) is 7.87. The minimum atomic E-state index is -1.08. The molecule has 3 rings (SSSR count). The van der Waals surface area contributed by atoms with Gasteiger partial charge in [-0.3, -0.25) is 4.79 Å². The summed E-state index contributed by atoms with van der Waals surface area (Å²) in [6, 6.07) is 17.3. The van der Waals surface area contributed by atoms with Gasteiger partial charge >= 0.3 is 11.9 Å². The summed E-state index contributed by atoms with van der Waals surface area (Å²) in [6.07, 6.45) is -0.0595. The number of ether oxygens (including phenoxy) is 3. The van der Waals surface area contributed by atoms with Gasteiger partial charge in [0, 0.05) is 23.0 Å². The largest absolute Gasteiger partial charge is 0.497 e. The number of carbonyl (C=O) groups is 3. The van der Waals surface area contributed by atoms with E-state index < -0.39 is 23.9 Å². The van der Waals surface area contributed by atoms with Crippen LogP contribution in [0.25, 0.3) is 0 Å². The van der Waals surface area contributed by atoms with Crippen molar-refractivity contribution >= 4 is 52.6 Å². The number of halogens is 3. The summed E-state index contributed by atoms with van der Waals surface area (Å²) in [6.45, 7) is 0.0807. The molecule has 3 aromatic carbocycles. The van der Waals surface area contributed by atoms with Gasteiger partial charge in [0.05, 0.1) is 19.8 Å². The Morgan fingerprint density at radius 1 is 0.892 bits per heavy atom. The third kappa shape index (κ3) is 7.38. The van der Waals surface area contributed by atoms with Gasteiger partial charge in [-0.1, -0.05) is 53.5 Å². The van der Waals surface area contributed by atoms with Crippen LogP contribution in [-0.2, 0) is 27.3 Å². The molecule has 194 valence electrons. The van der Waals surface area contributed by atoms with Crippen molar-refractivity contribution in [2.75, 3.05) is 20.1 Å². The molecule has 7 nitrogen and oxygen atoms in total. The molecule has 0 heterocycles. The summed E-state index contributed by atoms with van der Waals surface area (Å²) in [5, 5.41) is 0.306. The highest BCUT2D eigenvalue weighted by molar-refractivity contribution is 6.36. The molecule has 0 radical (unpaired) electrons. The Bertz CT molecular complexity index is 1230. The molecular formula is C27H24Cl3NO6. The Hall–Kier alpha value is -3.26.